The minimum absolute atomic E-state index is 0.0584. The predicted octanol–water partition coefficient (Wildman–Crippen LogP) is 4.93. The maximum absolute atomic E-state index is 12.6. The van der Waals surface area contributed by atoms with Gasteiger partial charge in [0.15, 0.2) is 10.8 Å². The summed E-state index contributed by atoms with van der Waals surface area (Å²) in [5.41, 5.74) is 6.27. The second kappa shape index (κ2) is 7.28. The van der Waals surface area contributed by atoms with Gasteiger partial charge in [-0.25, -0.2) is 0 Å². The quantitative estimate of drug-likeness (QED) is 0.502. The van der Waals surface area contributed by atoms with Gasteiger partial charge in [-0.3, -0.25) is 9.20 Å². The second-order valence-corrected chi connectivity index (χ2v) is 8.40. The molecule has 4 aromatic rings. The molecule has 0 spiro atoms. The molecule has 28 heavy (non-hydrogen) atoms. The number of benzene rings is 2. The van der Waals surface area contributed by atoms with E-state index in [1.165, 1.54) is 33.8 Å². The molecule has 2 aromatic carbocycles. The minimum Gasteiger partial charge on any atom is -0.325 e. The van der Waals surface area contributed by atoms with Crippen LogP contribution in [0, 0.1) is 20.8 Å². The summed E-state index contributed by atoms with van der Waals surface area (Å²) in [4.78, 5) is 12.6. The number of para-hydroxylation sites is 1. The zero-order chi connectivity index (χ0) is 19.8. The molecule has 0 aliphatic heterocycles. The lowest BCUT2D eigenvalue weighted by atomic mass is 10.0. The van der Waals surface area contributed by atoms with E-state index in [9.17, 15) is 4.79 Å². The van der Waals surface area contributed by atoms with Gasteiger partial charge in [-0.2, -0.15) is 0 Å². The largest absolute Gasteiger partial charge is 0.325 e. The van der Waals surface area contributed by atoms with Crippen molar-refractivity contribution in [3.05, 3.63) is 65.2 Å². The first kappa shape index (κ1) is 18.5. The molecule has 1 unspecified atom stereocenters. The Kier molecular flexibility index (Phi) is 4.81. The van der Waals surface area contributed by atoms with Gasteiger partial charge >= 0.3 is 0 Å². The highest BCUT2D eigenvalue weighted by atomic mass is 32.2. The van der Waals surface area contributed by atoms with Crippen LogP contribution in [0.1, 0.15) is 23.6 Å². The van der Waals surface area contributed by atoms with Crippen LogP contribution in [-0.4, -0.2) is 25.8 Å². The third kappa shape index (κ3) is 3.36. The van der Waals surface area contributed by atoms with E-state index in [1.807, 2.05) is 43.3 Å². The average Bonchev–Trinajstić information content (AvgIpc) is 3.04. The molecule has 0 aliphatic carbocycles. The Hall–Kier alpha value is -2.86. The first-order chi connectivity index (χ1) is 13.4. The van der Waals surface area contributed by atoms with Crippen LogP contribution in [0.25, 0.3) is 16.6 Å². The van der Waals surface area contributed by atoms with Crippen molar-refractivity contribution >= 4 is 39.9 Å². The van der Waals surface area contributed by atoms with Crippen LogP contribution in [0.3, 0.4) is 0 Å². The van der Waals surface area contributed by atoms with Crippen LogP contribution < -0.4 is 5.32 Å². The standard InChI is InChI=1S/C22H22N4OS/c1-13-10-15(3)20-18(11-13)14(2)12-19-24-25-22(26(19)20)28-16(4)21(27)23-17-8-6-5-7-9-17/h5-12,16H,1-4H3,(H,23,27). The van der Waals surface area contributed by atoms with Gasteiger partial charge in [0.25, 0.3) is 0 Å². The summed E-state index contributed by atoms with van der Waals surface area (Å²) in [6.07, 6.45) is 0. The smallest absolute Gasteiger partial charge is 0.237 e. The maximum Gasteiger partial charge on any atom is 0.237 e. The van der Waals surface area contributed by atoms with Crippen molar-refractivity contribution in [2.45, 2.75) is 38.1 Å². The summed E-state index contributed by atoms with van der Waals surface area (Å²) < 4.78 is 2.06. The molecule has 142 valence electrons. The Morgan fingerprint density at radius 2 is 1.79 bits per heavy atom. The highest BCUT2D eigenvalue weighted by Crippen LogP contribution is 2.30. The number of carbonyl (C=O) groups excluding carboxylic acids is 1. The molecule has 0 aliphatic rings. The predicted molar refractivity (Wildman–Crippen MR) is 115 cm³/mol. The van der Waals surface area contributed by atoms with Gasteiger partial charge in [0.05, 0.1) is 10.8 Å². The van der Waals surface area contributed by atoms with Crippen molar-refractivity contribution < 1.29 is 4.79 Å². The summed E-state index contributed by atoms with van der Waals surface area (Å²) in [5, 5.41) is 13.3. The first-order valence-electron chi connectivity index (χ1n) is 9.22. The Morgan fingerprint density at radius 3 is 2.54 bits per heavy atom. The van der Waals surface area contributed by atoms with Gasteiger partial charge in [0.2, 0.25) is 5.91 Å². The zero-order valence-electron chi connectivity index (χ0n) is 16.4. The summed E-state index contributed by atoms with van der Waals surface area (Å²) in [7, 11) is 0. The minimum atomic E-state index is -0.310. The zero-order valence-corrected chi connectivity index (χ0v) is 17.2. The number of amides is 1. The van der Waals surface area contributed by atoms with Crippen molar-refractivity contribution in [1.82, 2.24) is 14.6 Å². The lowest BCUT2D eigenvalue weighted by Gasteiger charge is -2.14. The Bertz CT molecular complexity index is 1180. The van der Waals surface area contributed by atoms with Crippen molar-refractivity contribution in [3.63, 3.8) is 0 Å². The van der Waals surface area contributed by atoms with Crippen molar-refractivity contribution in [2.24, 2.45) is 0 Å². The van der Waals surface area contributed by atoms with Crippen LogP contribution in [0.15, 0.2) is 53.7 Å². The number of hydrogen-bond donors (Lipinski definition) is 1. The summed E-state index contributed by atoms with van der Waals surface area (Å²) in [6.45, 7) is 8.19. The van der Waals surface area contributed by atoms with Crippen molar-refractivity contribution in [3.8, 4) is 0 Å². The molecule has 0 saturated carbocycles. The molecule has 1 N–H and O–H groups in total. The van der Waals surface area contributed by atoms with Crippen LogP contribution in [0.4, 0.5) is 5.69 Å². The van der Waals surface area contributed by atoms with E-state index in [2.05, 4.69) is 52.8 Å². The molecule has 1 amide bonds. The van der Waals surface area contributed by atoms with E-state index >= 15 is 0 Å². The SMILES string of the molecule is Cc1cc(C)c2c(c1)c(C)cc1nnc(SC(C)C(=O)Nc3ccccc3)n12. The first-order valence-corrected chi connectivity index (χ1v) is 10.1. The summed E-state index contributed by atoms with van der Waals surface area (Å²) in [5.74, 6) is -0.0584. The molecule has 4 rings (SSSR count). The van der Waals surface area contributed by atoms with E-state index in [0.717, 1.165) is 22.0 Å². The fourth-order valence-corrected chi connectivity index (χ4v) is 4.33. The van der Waals surface area contributed by atoms with E-state index < -0.39 is 0 Å². The lowest BCUT2D eigenvalue weighted by molar-refractivity contribution is -0.115. The number of carbonyl (C=O) groups is 1. The molecule has 6 heteroatoms. The number of aromatic nitrogens is 3. The Labute approximate surface area is 168 Å². The molecule has 0 fully saturated rings. The summed E-state index contributed by atoms with van der Waals surface area (Å²) >= 11 is 1.42. The highest BCUT2D eigenvalue weighted by molar-refractivity contribution is 8.00. The molecule has 0 saturated heterocycles. The average molecular weight is 391 g/mol. The number of hydrogen-bond acceptors (Lipinski definition) is 4. The fraction of sp³-hybridized carbons (Fsp3) is 0.227. The number of fused-ring (bicyclic) bond motifs is 3. The molecular formula is C22H22N4OS. The van der Waals surface area contributed by atoms with E-state index in [4.69, 9.17) is 0 Å². The molecule has 1 atom stereocenters. The molecule has 0 bridgehead atoms. The van der Waals surface area contributed by atoms with E-state index in [0.29, 0.717) is 0 Å². The van der Waals surface area contributed by atoms with E-state index in [-0.39, 0.29) is 11.2 Å². The van der Waals surface area contributed by atoms with Crippen LogP contribution in [-0.2, 0) is 4.79 Å². The number of nitrogens with one attached hydrogen (secondary N) is 1. The normalized spacial score (nSPS) is 12.4. The number of aryl methyl sites for hydroxylation is 3. The topological polar surface area (TPSA) is 59.3 Å². The van der Waals surface area contributed by atoms with Gasteiger partial charge in [-0.1, -0.05) is 41.6 Å². The third-order valence-corrected chi connectivity index (χ3v) is 5.83. The van der Waals surface area contributed by atoms with E-state index in [1.54, 1.807) is 0 Å². The molecule has 5 nitrogen and oxygen atoms in total. The van der Waals surface area contributed by atoms with Gasteiger partial charge in [0.1, 0.15) is 0 Å². The van der Waals surface area contributed by atoms with Crippen LogP contribution in [0.5, 0.6) is 0 Å². The van der Waals surface area contributed by atoms with Crippen LogP contribution >= 0.6 is 11.8 Å². The lowest BCUT2D eigenvalue weighted by Crippen LogP contribution is -2.22. The number of anilines is 1. The van der Waals surface area contributed by atoms with Gasteiger partial charge in [-0.15, -0.1) is 10.2 Å². The summed E-state index contributed by atoms with van der Waals surface area (Å²) in [6, 6.07) is 15.9. The second-order valence-electron chi connectivity index (χ2n) is 7.10. The number of thioether (sulfide) groups is 1. The van der Waals surface area contributed by atoms with Gasteiger partial charge in [0, 0.05) is 11.1 Å². The van der Waals surface area contributed by atoms with Crippen molar-refractivity contribution in [2.75, 3.05) is 5.32 Å². The molecular weight excluding hydrogens is 368 g/mol. The van der Waals surface area contributed by atoms with Gasteiger partial charge in [-0.05, 0) is 63.1 Å². The highest BCUT2D eigenvalue weighted by Gasteiger charge is 2.20. The van der Waals surface area contributed by atoms with Gasteiger partial charge < -0.3 is 5.32 Å². The maximum atomic E-state index is 12.6. The molecule has 2 aromatic heterocycles. The Balaban J connectivity index is 1.71. The Morgan fingerprint density at radius 1 is 1.04 bits per heavy atom. The molecule has 0 radical (unpaired) electrons. The number of nitrogens with zero attached hydrogens (tertiary/aromatic N) is 3. The van der Waals surface area contributed by atoms with Crippen LogP contribution in [0.2, 0.25) is 0 Å². The fourth-order valence-electron chi connectivity index (χ4n) is 3.47. The van der Waals surface area contributed by atoms with Crippen molar-refractivity contribution in [1.29, 1.82) is 0 Å². The monoisotopic (exact) mass is 390 g/mol. The molecule has 2 heterocycles. The number of rotatable bonds is 4. The third-order valence-electron chi connectivity index (χ3n) is 4.79. The number of pyridine rings is 1.